The number of hydrogen-bond acceptors (Lipinski definition) is 9. The fourth-order valence-corrected chi connectivity index (χ4v) is 5.75. The lowest BCUT2D eigenvalue weighted by Crippen LogP contribution is -2.51. The van der Waals surface area contributed by atoms with Gasteiger partial charge in [0.05, 0.1) is 41.7 Å². The second kappa shape index (κ2) is 12.5. The maximum absolute atomic E-state index is 13.3. The van der Waals surface area contributed by atoms with Crippen LogP contribution in [-0.4, -0.2) is 83.0 Å². The maximum atomic E-state index is 13.3. The summed E-state index contributed by atoms with van der Waals surface area (Å²) < 4.78 is 49.7. The van der Waals surface area contributed by atoms with E-state index in [0.29, 0.717) is 24.4 Å². The molecule has 0 bridgehead atoms. The van der Waals surface area contributed by atoms with Crippen molar-refractivity contribution in [3.05, 3.63) is 70.6 Å². The number of nitrogens with zero attached hydrogens (tertiary/aromatic N) is 2. The van der Waals surface area contributed by atoms with E-state index in [0.717, 1.165) is 0 Å². The molecular weight excluding hydrogens is 578 g/mol. The van der Waals surface area contributed by atoms with E-state index in [2.05, 4.69) is 4.72 Å². The maximum Gasteiger partial charge on any atom is 0.338 e. The first kappa shape index (κ1) is 29.7. The Morgan fingerprint density at radius 3 is 2.29 bits per heavy atom. The van der Waals surface area contributed by atoms with Crippen LogP contribution in [0.1, 0.15) is 26.5 Å². The number of ether oxygens (including phenoxy) is 3. The Labute approximate surface area is 241 Å². The van der Waals surface area contributed by atoms with Gasteiger partial charge in [0.25, 0.3) is 21.8 Å². The van der Waals surface area contributed by atoms with Crippen molar-refractivity contribution >= 4 is 45.1 Å². The zero-order valence-corrected chi connectivity index (χ0v) is 24.1. The molecule has 0 spiro atoms. The third-order valence-corrected chi connectivity index (χ3v) is 8.21. The number of rotatable bonds is 9. The number of amides is 2. The van der Waals surface area contributed by atoms with Crippen molar-refractivity contribution in [2.45, 2.75) is 11.8 Å². The molecule has 3 aromatic rings. The van der Waals surface area contributed by atoms with Crippen LogP contribution in [0.2, 0.25) is 5.02 Å². The Morgan fingerprint density at radius 2 is 1.66 bits per heavy atom. The highest BCUT2D eigenvalue weighted by Crippen LogP contribution is 2.37. The van der Waals surface area contributed by atoms with Crippen molar-refractivity contribution in [2.75, 3.05) is 51.7 Å². The first-order chi connectivity index (χ1) is 19.5. The van der Waals surface area contributed by atoms with Gasteiger partial charge in [-0.25, -0.2) is 13.2 Å². The standard InChI is InChI=1S/C27H28ClN3O9S/c1-17-6-7-18(13-24(17)41(35,36)29-20-14-19(28)22(37-2)15-23(20)38-3)27(34)40-16-25(32)30-8-10-31(11-9-30)26(33)21-5-4-12-39-21/h4-7,12-15,29H,8-11,16H2,1-3H3. The number of hydrogen-bond donors (Lipinski definition) is 1. The third kappa shape index (κ3) is 6.74. The Balaban J connectivity index is 1.39. The van der Waals surface area contributed by atoms with Crippen molar-refractivity contribution in [2.24, 2.45) is 0 Å². The molecule has 14 heteroatoms. The van der Waals surface area contributed by atoms with Crippen LogP contribution in [0, 0.1) is 6.92 Å². The number of piperazine rings is 1. The largest absolute Gasteiger partial charge is 0.495 e. The van der Waals surface area contributed by atoms with E-state index in [4.69, 9.17) is 30.2 Å². The molecule has 4 rings (SSSR count). The van der Waals surface area contributed by atoms with Crippen LogP contribution in [0.15, 0.2) is 58.0 Å². The minimum Gasteiger partial charge on any atom is -0.495 e. The zero-order valence-electron chi connectivity index (χ0n) is 22.5. The summed E-state index contributed by atoms with van der Waals surface area (Å²) in [6.45, 7) is 2.16. The Morgan fingerprint density at radius 1 is 0.976 bits per heavy atom. The highest BCUT2D eigenvalue weighted by molar-refractivity contribution is 7.92. The number of halogens is 1. The molecule has 12 nitrogen and oxygen atoms in total. The topological polar surface area (TPSA) is 145 Å². The van der Waals surface area contributed by atoms with Crippen LogP contribution in [0.3, 0.4) is 0 Å². The van der Waals surface area contributed by atoms with E-state index < -0.39 is 28.5 Å². The van der Waals surface area contributed by atoms with Crippen LogP contribution >= 0.6 is 11.6 Å². The van der Waals surface area contributed by atoms with E-state index in [1.165, 1.54) is 55.7 Å². The summed E-state index contributed by atoms with van der Waals surface area (Å²) in [6.07, 6.45) is 1.42. The van der Waals surface area contributed by atoms with Crippen LogP contribution in [0.5, 0.6) is 11.5 Å². The number of carbonyl (C=O) groups is 3. The molecule has 1 N–H and O–H groups in total. The first-order valence-electron chi connectivity index (χ1n) is 12.4. The van der Waals surface area contributed by atoms with Gasteiger partial charge in [-0.1, -0.05) is 17.7 Å². The first-order valence-corrected chi connectivity index (χ1v) is 14.2. The predicted octanol–water partition coefficient (Wildman–Crippen LogP) is 3.20. The number of carbonyl (C=O) groups excluding carboxylic acids is 3. The summed E-state index contributed by atoms with van der Waals surface area (Å²) in [7, 11) is -1.42. The molecule has 2 amide bonds. The summed E-state index contributed by atoms with van der Waals surface area (Å²) in [6, 6.07) is 10.0. The fraction of sp³-hybridized carbons (Fsp3) is 0.296. The van der Waals surface area contributed by atoms with Crippen molar-refractivity contribution in [1.29, 1.82) is 0 Å². The molecule has 2 aromatic carbocycles. The second-order valence-electron chi connectivity index (χ2n) is 9.00. The molecule has 0 radical (unpaired) electrons. The van der Waals surface area contributed by atoms with E-state index in [9.17, 15) is 22.8 Å². The lowest BCUT2D eigenvalue weighted by molar-refractivity contribution is -0.136. The number of nitrogens with one attached hydrogen (secondary N) is 1. The zero-order chi connectivity index (χ0) is 29.7. The van der Waals surface area contributed by atoms with Gasteiger partial charge < -0.3 is 28.4 Å². The number of benzene rings is 2. The normalized spacial score (nSPS) is 13.5. The van der Waals surface area contributed by atoms with Gasteiger partial charge in [-0.3, -0.25) is 14.3 Å². The number of anilines is 1. The molecule has 41 heavy (non-hydrogen) atoms. The van der Waals surface area contributed by atoms with Gasteiger partial charge >= 0.3 is 5.97 Å². The molecule has 2 heterocycles. The van der Waals surface area contributed by atoms with Crippen molar-refractivity contribution in [3.8, 4) is 11.5 Å². The summed E-state index contributed by atoms with van der Waals surface area (Å²) in [5, 5.41) is 0.162. The summed E-state index contributed by atoms with van der Waals surface area (Å²) in [5.74, 6) is -0.874. The lowest BCUT2D eigenvalue weighted by Gasteiger charge is -2.34. The minimum absolute atomic E-state index is 0.0580. The van der Waals surface area contributed by atoms with Gasteiger partial charge in [-0.15, -0.1) is 0 Å². The molecule has 1 aliphatic rings. The van der Waals surface area contributed by atoms with E-state index >= 15 is 0 Å². The molecule has 1 aromatic heterocycles. The summed E-state index contributed by atoms with van der Waals surface area (Å²) in [5.41, 5.74) is 0.380. The number of aryl methyl sites for hydroxylation is 1. The lowest BCUT2D eigenvalue weighted by atomic mass is 10.1. The van der Waals surface area contributed by atoms with Crippen molar-refractivity contribution in [1.82, 2.24) is 9.80 Å². The van der Waals surface area contributed by atoms with E-state index in [1.54, 1.807) is 24.0 Å². The van der Waals surface area contributed by atoms with Crippen molar-refractivity contribution in [3.63, 3.8) is 0 Å². The molecule has 0 atom stereocenters. The Hall–Kier alpha value is -4.23. The Kier molecular flexibility index (Phi) is 9.08. The van der Waals surface area contributed by atoms with Gasteiger partial charge in [-0.05, 0) is 42.8 Å². The van der Waals surface area contributed by atoms with E-state index in [-0.39, 0.29) is 51.7 Å². The quantitative estimate of drug-likeness (QED) is 0.363. The van der Waals surface area contributed by atoms with Crippen LogP contribution in [-0.2, 0) is 19.6 Å². The highest BCUT2D eigenvalue weighted by atomic mass is 35.5. The third-order valence-electron chi connectivity index (χ3n) is 6.41. The van der Waals surface area contributed by atoms with E-state index in [1.807, 2.05) is 0 Å². The molecule has 1 saturated heterocycles. The summed E-state index contributed by atoms with van der Waals surface area (Å²) >= 11 is 6.16. The Bertz CT molecular complexity index is 1550. The number of methoxy groups -OCH3 is 2. The van der Waals surface area contributed by atoms with Gasteiger partial charge in [-0.2, -0.15) is 0 Å². The molecule has 218 valence electrons. The van der Waals surface area contributed by atoms with Gasteiger partial charge in [0.2, 0.25) is 0 Å². The van der Waals surface area contributed by atoms with Crippen LogP contribution < -0.4 is 14.2 Å². The van der Waals surface area contributed by atoms with Gasteiger partial charge in [0.1, 0.15) is 11.5 Å². The monoisotopic (exact) mass is 605 g/mol. The SMILES string of the molecule is COc1cc(OC)c(NS(=O)(=O)c2cc(C(=O)OCC(=O)N3CCN(C(=O)c4ccco4)CC3)ccc2C)cc1Cl. The number of sulfonamides is 1. The van der Waals surface area contributed by atoms with Gasteiger partial charge in [0.15, 0.2) is 12.4 Å². The van der Waals surface area contributed by atoms with Crippen LogP contribution in [0.4, 0.5) is 5.69 Å². The molecule has 1 aliphatic heterocycles. The molecular formula is C27H28ClN3O9S. The fourth-order valence-electron chi connectivity index (χ4n) is 4.17. The average molecular weight is 606 g/mol. The predicted molar refractivity (Wildman–Crippen MR) is 148 cm³/mol. The van der Waals surface area contributed by atoms with Crippen molar-refractivity contribution < 1.29 is 41.4 Å². The molecule has 0 unspecified atom stereocenters. The number of furan rings is 1. The molecule has 1 fully saturated rings. The minimum atomic E-state index is -4.20. The smallest absolute Gasteiger partial charge is 0.338 e. The number of esters is 1. The second-order valence-corrected chi connectivity index (χ2v) is 11.1. The van der Waals surface area contributed by atoms with Gasteiger partial charge in [0, 0.05) is 32.2 Å². The van der Waals surface area contributed by atoms with Crippen LogP contribution in [0.25, 0.3) is 0 Å². The summed E-state index contributed by atoms with van der Waals surface area (Å²) in [4.78, 5) is 40.7. The average Bonchev–Trinajstić information content (AvgIpc) is 3.51. The molecule has 0 saturated carbocycles. The highest BCUT2D eigenvalue weighted by Gasteiger charge is 2.27. The molecule has 0 aliphatic carbocycles.